The van der Waals surface area contributed by atoms with E-state index in [2.05, 4.69) is 22.5 Å². The van der Waals surface area contributed by atoms with Crippen molar-refractivity contribution in [3.63, 3.8) is 0 Å². The van der Waals surface area contributed by atoms with Gasteiger partial charge in [0, 0.05) is 32.4 Å². The van der Waals surface area contributed by atoms with Gasteiger partial charge < -0.3 is 15.6 Å². The first kappa shape index (κ1) is 8.99. The lowest BCUT2D eigenvalue weighted by atomic mass is 10.4. The molecule has 0 bridgehead atoms. The Kier molecular flexibility index (Phi) is 3.04. The lowest BCUT2D eigenvalue weighted by Crippen LogP contribution is -2.31. The lowest BCUT2D eigenvalue weighted by Gasteiger charge is -2.03. The number of thiocarbonyl (C=S) groups is 1. The van der Waals surface area contributed by atoms with E-state index in [0.717, 1.165) is 18.8 Å². The maximum atomic E-state index is 5.26. The van der Waals surface area contributed by atoms with Gasteiger partial charge in [0.05, 0.1) is 0 Å². The van der Waals surface area contributed by atoms with E-state index in [9.17, 15) is 0 Å². The summed E-state index contributed by atoms with van der Waals surface area (Å²) in [6.07, 6.45) is 4.52. The molecule has 0 saturated carbocycles. The molecule has 1 rings (SSSR count). The zero-order valence-corrected chi connectivity index (χ0v) is 7.77. The normalized spacial score (nSPS) is 9.75. The Balaban J connectivity index is 2.33. The Morgan fingerprint density at radius 1 is 1.83 bits per heavy atom. The fraction of sp³-hybridized carbons (Fsp3) is 0.429. The predicted molar refractivity (Wildman–Crippen MR) is 51.7 cm³/mol. The minimum Gasteiger partial charge on any atom is -0.376 e. The SMILES string of the molecule is Cn1ccnc1CCNC(N)=S. The fourth-order valence-corrected chi connectivity index (χ4v) is 1.04. The Hall–Kier alpha value is -1.10. The van der Waals surface area contributed by atoms with E-state index < -0.39 is 0 Å². The molecule has 5 heteroatoms. The zero-order valence-electron chi connectivity index (χ0n) is 6.95. The number of aryl methyl sites for hydroxylation is 1. The summed E-state index contributed by atoms with van der Waals surface area (Å²) < 4.78 is 1.97. The highest BCUT2D eigenvalue weighted by molar-refractivity contribution is 7.80. The molecule has 0 radical (unpaired) electrons. The largest absolute Gasteiger partial charge is 0.376 e. The Labute approximate surface area is 76.8 Å². The average molecular weight is 184 g/mol. The monoisotopic (exact) mass is 184 g/mol. The van der Waals surface area contributed by atoms with Crippen LogP contribution in [0.3, 0.4) is 0 Å². The number of rotatable bonds is 3. The van der Waals surface area contributed by atoms with E-state index in [1.54, 1.807) is 6.20 Å². The van der Waals surface area contributed by atoms with Crippen molar-refractivity contribution in [3.8, 4) is 0 Å². The molecule has 12 heavy (non-hydrogen) atoms. The van der Waals surface area contributed by atoms with E-state index in [0.29, 0.717) is 5.11 Å². The first-order valence-electron chi connectivity index (χ1n) is 3.69. The molecule has 0 unspecified atom stereocenters. The molecular weight excluding hydrogens is 172 g/mol. The van der Waals surface area contributed by atoms with E-state index in [1.807, 2.05) is 17.8 Å². The van der Waals surface area contributed by atoms with Crippen LogP contribution in [0.4, 0.5) is 0 Å². The Morgan fingerprint density at radius 3 is 3.08 bits per heavy atom. The van der Waals surface area contributed by atoms with Crippen molar-refractivity contribution >= 4 is 17.3 Å². The molecule has 0 spiro atoms. The van der Waals surface area contributed by atoms with Crippen LogP contribution in [0.25, 0.3) is 0 Å². The van der Waals surface area contributed by atoms with Crippen molar-refractivity contribution in [3.05, 3.63) is 18.2 Å². The summed E-state index contributed by atoms with van der Waals surface area (Å²) >= 11 is 4.66. The number of hydrogen-bond acceptors (Lipinski definition) is 2. The molecule has 0 saturated heterocycles. The summed E-state index contributed by atoms with van der Waals surface area (Å²) in [7, 11) is 1.96. The van der Waals surface area contributed by atoms with Gasteiger partial charge in [0.15, 0.2) is 5.11 Å². The van der Waals surface area contributed by atoms with Crippen molar-refractivity contribution in [1.29, 1.82) is 0 Å². The van der Waals surface area contributed by atoms with Crippen LogP contribution in [-0.4, -0.2) is 21.2 Å². The van der Waals surface area contributed by atoms with Gasteiger partial charge in [0.25, 0.3) is 0 Å². The molecule has 1 aromatic heterocycles. The van der Waals surface area contributed by atoms with Crippen LogP contribution in [0, 0.1) is 0 Å². The second-order valence-electron chi connectivity index (χ2n) is 2.50. The number of nitrogens with one attached hydrogen (secondary N) is 1. The van der Waals surface area contributed by atoms with Gasteiger partial charge in [-0.3, -0.25) is 0 Å². The molecule has 0 atom stereocenters. The average Bonchev–Trinajstić information content (AvgIpc) is 2.36. The smallest absolute Gasteiger partial charge is 0.163 e. The summed E-state index contributed by atoms with van der Waals surface area (Å²) in [5.74, 6) is 1.03. The third-order valence-corrected chi connectivity index (χ3v) is 1.71. The van der Waals surface area contributed by atoms with Gasteiger partial charge in [-0.05, 0) is 12.2 Å². The maximum absolute atomic E-state index is 5.26. The molecule has 0 fully saturated rings. The van der Waals surface area contributed by atoms with Gasteiger partial charge in [-0.15, -0.1) is 0 Å². The highest BCUT2D eigenvalue weighted by Gasteiger charge is 1.97. The van der Waals surface area contributed by atoms with Crippen LogP contribution in [0.5, 0.6) is 0 Å². The van der Waals surface area contributed by atoms with Gasteiger partial charge in [-0.25, -0.2) is 4.98 Å². The summed E-state index contributed by atoms with van der Waals surface area (Å²) in [6.45, 7) is 0.736. The standard InChI is InChI=1S/C7H12N4S/c1-11-5-4-9-6(11)2-3-10-7(8)12/h4-5H,2-3H2,1H3,(H3,8,10,12). The maximum Gasteiger partial charge on any atom is 0.163 e. The highest BCUT2D eigenvalue weighted by atomic mass is 32.1. The zero-order chi connectivity index (χ0) is 8.97. The second kappa shape index (κ2) is 4.06. The summed E-state index contributed by atoms with van der Waals surface area (Å²) in [6, 6.07) is 0. The minimum absolute atomic E-state index is 0.337. The van der Waals surface area contributed by atoms with Crippen LogP contribution in [0.15, 0.2) is 12.4 Å². The number of hydrogen-bond donors (Lipinski definition) is 2. The van der Waals surface area contributed by atoms with E-state index in [4.69, 9.17) is 5.73 Å². The van der Waals surface area contributed by atoms with E-state index in [-0.39, 0.29) is 0 Å². The highest BCUT2D eigenvalue weighted by Crippen LogP contribution is 1.93. The Morgan fingerprint density at radius 2 is 2.58 bits per heavy atom. The first-order chi connectivity index (χ1) is 5.70. The molecule has 1 heterocycles. The molecule has 0 amide bonds. The lowest BCUT2D eigenvalue weighted by molar-refractivity contribution is 0.750. The third kappa shape index (κ3) is 2.50. The predicted octanol–water partition coefficient (Wildman–Crippen LogP) is -0.204. The van der Waals surface area contributed by atoms with Crippen molar-refractivity contribution < 1.29 is 0 Å². The number of imidazole rings is 1. The summed E-state index contributed by atoms with van der Waals surface area (Å²) in [5.41, 5.74) is 5.26. The van der Waals surface area contributed by atoms with Crippen LogP contribution in [-0.2, 0) is 13.5 Å². The van der Waals surface area contributed by atoms with E-state index in [1.165, 1.54) is 0 Å². The minimum atomic E-state index is 0.337. The van der Waals surface area contributed by atoms with E-state index >= 15 is 0 Å². The van der Waals surface area contributed by atoms with Crippen LogP contribution in [0.1, 0.15) is 5.82 Å². The second-order valence-corrected chi connectivity index (χ2v) is 2.94. The number of aromatic nitrogens is 2. The molecule has 1 aromatic rings. The van der Waals surface area contributed by atoms with Crippen molar-refractivity contribution in [2.24, 2.45) is 12.8 Å². The van der Waals surface area contributed by atoms with Crippen molar-refractivity contribution in [1.82, 2.24) is 14.9 Å². The van der Waals surface area contributed by atoms with Crippen molar-refractivity contribution in [2.45, 2.75) is 6.42 Å². The fourth-order valence-electron chi connectivity index (χ4n) is 0.935. The van der Waals surface area contributed by atoms with Gasteiger partial charge in [-0.2, -0.15) is 0 Å². The molecule has 0 aliphatic carbocycles. The third-order valence-electron chi connectivity index (χ3n) is 1.57. The number of nitrogens with two attached hydrogens (primary N) is 1. The summed E-state index contributed by atoms with van der Waals surface area (Å²) in [4.78, 5) is 4.15. The van der Waals surface area contributed by atoms with Gasteiger partial charge in [0.1, 0.15) is 5.82 Å². The van der Waals surface area contributed by atoms with Crippen LogP contribution in [0.2, 0.25) is 0 Å². The number of nitrogens with zero attached hydrogens (tertiary/aromatic N) is 2. The Bertz CT molecular complexity index is 268. The van der Waals surface area contributed by atoms with Crippen LogP contribution < -0.4 is 11.1 Å². The quantitative estimate of drug-likeness (QED) is 0.639. The molecule has 0 aromatic carbocycles. The van der Waals surface area contributed by atoms with Crippen molar-refractivity contribution in [2.75, 3.05) is 6.54 Å². The van der Waals surface area contributed by atoms with Gasteiger partial charge in [-0.1, -0.05) is 0 Å². The summed E-state index contributed by atoms with van der Waals surface area (Å²) in [5, 5.41) is 3.20. The molecule has 3 N–H and O–H groups in total. The van der Waals surface area contributed by atoms with Gasteiger partial charge in [0.2, 0.25) is 0 Å². The molecular formula is C7H12N4S. The molecule has 0 aliphatic heterocycles. The van der Waals surface area contributed by atoms with Gasteiger partial charge >= 0.3 is 0 Å². The molecule has 0 aliphatic rings. The topological polar surface area (TPSA) is 55.9 Å². The molecule has 66 valence electrons. The van der Waals surface area contributed by atoms with Crippen LogP contribution >= 0.6 is 12.2 Å². The first-order valence-corrected chi connectivity index (χ1v) is 4.10. The molecule has 4 nitrogen and oxygen atoms in total.